The summed E-state index contributed by atoms with van der Waals surface area (Å²) in [6.07, 6.45) is 4.98. The maximum atomic E-state index is 11.4. The van der Waals surface area contributed by atoms with Crippen LogP contribution in [0.3, 0.4) is 0 Å². The van der Waals surface area contributed by atoms with Crippen molar-refractivity contribution in [2.75, 3.05) is 20.1 Å². The maximum Gasteiger partial charge on any atom is 0.298 e. The average molecular weight is 180 g/mol. The van der Waals surface area contributed by atoms with E-state index in [-0.39, 0.29) is 5.91 Å². The number of piperazine rings is 1. The Labute approximate surface area is 77.5 Å². The fraction of sp³-hybridized carbons (Fsp3) is 0.556. The van der Waals surface area contributed by atoms with Gasteiger partial charge in [-0.3, -0.25) is 9.59 Å². The zero-order chi connectivity index (χ0) is 10.0. The fourth-order valence-electron chi connectivity index (χ4n) is 1.37. The van der Waals surface area contributed by atoms with Crippen LogP contribution in [0.15, 0.2) is 0 Å². The van der Waals surface area contributed by atoms with E-state index in [4.69, 9.17) is 6.42 Å². The highest BCUT2D eigenvalue weighted by atomic mass is 16.2. The van der Waals surface area contributed by atoms with Crippen LogP contribution in [0.1, 0.15) is 6.92 Å². The molecule has 0 radical (unpaired) electrons. The van der Waals surface area contributed by atoms with Crippen LogP contribution >= 0.6 is 0 Å². The number of nitrogens with zero attached hydrogens (tertiary/aromatic N) is 2. The van der Waals surface area contributed by atoms with Gasteiger partial charge in [-0.1, -0.05) is 0 Å². The summed E-state index contributed by atoms with van der Waals surface area (Å²) in [5.41, 5.74) is 0. The number of amides is 2. The minimum atomic E-state index is -0.428. The summed E-state index contributed by atoms with van der Waals surface area (Å²) < 4.78 is 0. The molecule has 0 bridgehead atoms. The molecule has 0 spiro atoms. The highest BCUT2D eigenvalue weighted by Crippen LogP contribution is 2.08. The molecule has 1 fully saturated rings. The number of terminal acetylenes is 1. The third-order valence-corrected chi connectivity index (χ3v) is 2.26. The molecule has 1 heterocycles. The molecule has 0 saturated carbocycles. The van der Waals surface area contributed by atoms with Gasteiger partial charge < -0.3 is 9.80 Å². The van der Waals surface area contributed by atoms with Gasteiger partial charge in [-0.05, 0) is 12.8 Å². The first kappa shape index (κ1) is 9.59. The topological polar surface area (TPSA) is 40.6 Å². The van der Waals surface area contributed by atoms with Crippen molar-refractivity contribution in [3.8, 4) is 12.3 Å². The van der Waals surface area contributed by atoms with Crippen molar-refractivity contribution < 1.29 is 9.59 Å². The summed E-state index contributed by atoms with van der Waals surface area (Å²) in [6.45, 7) is 2.76. The minimum absolute atomic E-state index is 0.0603. The van der Waals surface area contributed by atoms with Crippen molar-refractivity contribution in [1.82, 2.24) is 9.80 Å². The third kappa shape index (κ3) is 1.64. The summed E-state index contributed by atoms with van der Waals surface area (Å²) in [4.78, 5) is 25.6. The van der Waals surface area contributed by atoms with Crippen LogP contribution in [0.2, 0.25) is 0 Å². The van der Waals surface area contributed by atoms with Crippen LogP contribution in [0.5, 0.6) is 0 Å². The Morgan fingerprint density at radius 1 is 1.62 bits per heavy atom. The first-order valence-corrected chi connectivity index (χ1v) is 4.10. The van der Waals surface area contributed by atoms with E-state index in [9.17, 15) is 9.59 Å². The van der Waals surface area contributed by atoms with E-state index in [0.717, 1.165) is 0 Å². The van der Waals surface area contributed by atoms with E-state index >= 15 is 0 Å². The smallest absolute Gasteiger partial charge is 0.298 e. The van der Waals surface area contributed by atoms with E-state index < -0.39 is 11.9 Å². The summed E-state index contributed by atoms with van der Waals surface area (Å²) in [6, 6.07) is -0.428. The Morgan fingerprint density at radius 2 is 2.23 bits per heavy atom. The number of carbonyl (C=O) groups is 2. The van der Waals surface area contributed by atoms with Crippen molar-refractivity contribution in [1.29, 1.82) is 0 Å². The average Bonchev–Trinajstić information content (AvgIpc) is 2.13. The molecule has 0 aromatic rings. The molecule has 1 rings (SSSR count). The van der Waals surface area contributed by atoms with Gasteiger partial charge in [-0.15, -0.1) is 6.42 Å². The molecule has 0 aliphatic carbocycles. The number of carbonyl (C=O) groups excluding carboxylic acids is 2. The fourth-order valence-corrected chi connectivity index (χ4v) is 1.37. The maximum absolute atomic E-state index is 11.4. The van der Waals surface area contributed by atoms with E-state index in [1.165, 1.54) is 4.90 Å². The summed E-state index contributed by atoms with van der Waals surface area (Å²) in [5, 5.41) is 0. The summed E-state index contributed by atoms with van der Waals surface area (Å²) in [7, 11) is 1.72. The molecular formula is C9H12N2O2. The quantitative estimate of drug-likeness (QED) is 0.463. The van der Waals surface area contributed by atoms with E-state index in [0.29, 0.717) is 13.1 Å². The molecule has 1 aliphatic rings. The summed E-state index contributed by atoms with van der Waals surface area (Å²) in [5.74, 6) is 1.55. The van der Waals surface area contributed by atoms with Crippen LogP contribution in [0.4, 0.5) is 0 Å². The van der Waals surface area contributed by atoms with Gasteiger partial charge in [-0.25, -0.2) is 0 Å². The van der Waals surface area contributed by atoms with Gasteiger partial charge >= 0.3 is 0 Å². The Bertz CT molecular complexity index is 280. The second-order valence-electron chi connectivity index (χ2n) is 3.08. The molecule has 0 N–H and O–H groups in total. The summed E-state index contributed by atoms with van der Waals surface area (Å²) >= 11 is 0. The van der Waals surface area contributed by atoms with Crippen LogP contribution < -0.4 is 0 Å². The number of hydrogen-bond donors (Lipinski definition) is 0. The van der Waals surface area contributed by atoms with Gasteiger partial charge in [0, 0.05) is 20.1 Å². The van der Waals surface area contributed by atoms with Crippen molar-refractivity contribution in [2.45, 2.75) is 13.0 Å². The van der Waals surface area contributed by atoms with Crippen molar-refractivity contribution >= 4 is 11.8 Å². The monoisotopic (exact) mass is 180 g/mol. The lowest BCUT2D eigenvalue weighted by Crippen LogP contribution is -2.56. The molecule has 1 atom stereocenters. The SMILES string of the molecule is C#CC(=O)N1CCN(C)C(=O)C1C. The standard InChI is InChI=1S/C9H12N2O2/c1-4-8(12)11-6-5-10(3)9(13)7(11)2/h1,7H,5-6H2,2-3H3. The molecule has 4 nitrogen and oxygen atoms in total. The van der Waals surface area contributed by atoms with E-state index in [1.807, 2.05) is 5.92 Å². The van der Waals surface area contributed by atoms with Crippen LogP contribution in [-0.4, -0.2) is 47.8 Å². The van der Waals surface area contributed by atoms with Gasteiger partial charge in [0.25, 0.3) is 5.91 Å². The van der Waals surface area contributed by atoms with Gasteiger partial charge in [0.1, 0.15) is 6.04 Å². The Morgan fingerprint density at radius 3 is 2.77 bits per heavy atom. The normalized spacial score (nSPS) is 22.8. The van der Waals surface area contributed by atoms with Crippen molar-refractivity contribution in [3.63, 3.8) is 0 Å². The zero-order valence-corrected chi connectivity index (χ0v) is 7.78. The lowest BCUT2D eigenvalue weighted by atomic mass is 10.2. The molecule has 4 heteroatoms. The van der Waals surface area contributed by atoms with Gasteiger partial charge in [0.05, 0.1) is 0 Å². The van der Waals surface area contributed by atoms with Crippen molar-refractivity contribution in [3.05, 3.63) is 0 Å². The first-order chi connectivity index (χ1) is 6.07. The Kier molecular flexibility index (Phi) is 2.57. The molecule has 70 valence electrons. The number of likely N-dealkylation sites (N-methyl/N-ethyl adjacent to an activating group) is 1. The number of rotatable bonds is 0. The molecule has 13 heavy (non-hydrogen) atoms. The highest BCUT2D eigenvalue weighted by Gasteiger charge is 2.31. The molecular weight excluding hydrogens is 168 g/mol. The third-order valence-electron chi connectivity index (χ3n) is 2.26. The number of hydrogen-bond acceptors (Lipinski definition) is 2. The largest absolute Gasteiger partial charge is 0.342 e. The predicted molar refractivity (Wildman–Crippen MR) is 47.6 cm³/mol. The lowest BCUT2D eigenvalue weighted by molar-refractivity contribution is -0.146. The van der Waals surface area contributed by atoms with E-state index in [1.54, 1.807) is 18.9 Å². The molecule has 0 aromatic heterocycles. The molecule has 1 unspecified atom stereocenters. The molecule has 2 amide bonds. The second kappa shape index (κ2) is 3.48. The van der Waals surface area contributed by atoms with Crippen LogP contribution in [-0.2, 0) is 9.59 Å². The molecule has 1 aliphatic heterocycles. The highest BCUT2D eigenvalue weighted by molar-refractivity contribution is 5.97. The lowest BCUT2D eigenvalue weighted by Gasteiger charge is -2.36. The zero-order valence-electron chi connectivity index (χ0n) is 7.78. The van der Waals surface area contributed by atoms with Gasteiger partial charge in [-0.2, -0.15) is 0 Å². The minimum Gasteiger partial charge on any atom is -0.342 e. The molecule has 1 saturated heterocycles. The Hall–Kier alpha value is -1.50. The Balaban J connectivity index is 2.76. The first-order valence-electron chi connectivity index (χ1n) is 4.10. The second-order valence-corrected chi connectivity index (χ2v) is 3.08. The van der Waals surface area contributed by atoms with Crippen LogP contribution in [0, 0.1) is 12.3 Å². The van der Waals surface area contributed by atoms with Crippen LogP contribution in [0.25, 0.3) is 0 Å². The molecule has 0 aromatic carbocycles. The van der Waals surface area contributed by atoms with Gasteiger partial charge in [0.2, 0.25) is 5.91 Å². The van der Waals surface area contributed by atoms with E-state index in [2.05, 4.69) is 0 Å². The van der Waals surface area contributed by atoms with Crippen molar-refractivity contribution in [2.24, 2.45) is 0 Å². The van der Waals surface area contributed by atoms with Gasteiger partial charge in [0.15, 0.2) is 0 Å². The predicted octanol–water partition coefficient (Wildman–Crippen LogP) is -0.691.